The maximum atomic E-state index is 12.4. The molecule has 1 aromatic carbocycles. The molecule has 2 aliphatic rings. The Bertz CT molecular complexity index is 563. The number of morpholine rings is 1. The molecule has 1 atom stereocenters. The molecule has 0 bridgehead atoms. The monoisotopic (exact) mass is 325 g/mol. The van der Waals surface area contributed by atoms with Gasteiger partial charge in [0.25, 0.3) is 0 Å². The molecular weight excluding hydrogens is 306 g/mol. The van der Waals surface area contributed by atoms with E-state index < -0.39 is 0 Å². The summed E-state index contributed by atoms with van der Waals surface area (Å²) in [5.41, 5.74) is 0.846. The lowest BCUT2D eigenvalue weighted by atomic mass is 10.1. The van der Waals surface area contributed by atoms with Crippen LogP contribution in [0.5, 0.6) is 11.5 Å². The Morgan fingerprint density at radius 1 is 1.32 bits per heavy atom. The molecule has 0 aliphatic carbocycles. The molecule has 1 saturated heterocycles. The SMILES string of the molecule is C[C@H]1CN(C(=O)Cc2cc(Cl)c3c(c2)OCCCO3)CCO1. The van der Waals surface area contributed by atoms with Gasteiger partial charge in [-0.05, 0) is 24.6 Å². The smallest absolute Gasteiger partial charge is 0.227 e. The van der Waals surface area contributed by atoms with Gasteiger partial charge in [0.05, 0.1) is 37.4 Å². The second-order valence-corrected chi connectivity index (χ2v) is 6.06. The van der Waals surface area contributed by atoms with E-state index in [1.54, 1.807) is 6.07 Å². The molecule has 0 unspecified atom stereocenters. The zero-order valence-corrected chi connectivity index (χ0v) is 13.4. The molecule has 1 amide bonds. The third kappa shape index (κ3) is 3.47. The van der Waals surface area contributed by atoms with Crippen LogP contribution in [0.1, 0.15) is 18.9 Å². The number of hydrogen-bond acceptors (Lipinski definition) is 4. The first-order valence-electron chi connectivity index (χ1n) is 7.61. The summed E-state index contributed by atoms with van der Waals surface area (Å²) in [5.74, 6) is 1.29. The number of ether oxygens (including phenoxy) is 3. The molecule has 2 aliphatic heterocycles. The molecule has 0 aromatic heterocycles. The zero-order valence-electron chi connectivity index (χ0n) is 12.6. The second-order valence-electron chi connectivity index (χ2n) is 5.65. The van der Waals surface area contributed by atoms with Gasteiger partial charge in [-0.2, -0.15) is 0 Å². The summed E-state index contributed by atoms with van der Waals surface area (Å²) in [6, 6.07) is 3.64. The van der Waals surface area contributed by atoms with Crippen LogP contribution in [0, 0.1) is 0 Å². The Morgan fingerprint density at radius 3 is 2.95 bits per heavy atom. The number of fused-ring (bicyclic) bond motifs is 1. The van der Waals surface area contributed by atoms with E-state index in [4.69, 9.17) is 25.8 Å². The van der Waals surface area contributed by atoms with Crippen LogP contribution in [-0.2, 0) is 16.0 Å². The molecule has 22 heavy (non-hydrogen) atoms. The Hall–Kier alpha value is -1.46. The molecule has 1 fully saturated rings. The maximum absolute atomic E-state index is 12.4. The normalized spacial score (nSPS) is 21.4. The molecule has 3 rings (SSSR count). The molecule has 5 nitrogen and oxygen atoms in total. The minimum atomic E-state index is 0.0840. The number of carbonyl (C=O) groups is 1. The molecule has 0 N–H and O–H groups in total. The number of carbonyl (C=O) groups excluding carboxylic acids is 1. The van der Waals surface area contributed by atoms with E-state index in [1.807, 2.05) is 17.9 Å². The van der Waals surface area contributed by atoms with Crippen molar-refractivity contribution in [3.8, 4) is 11.5 Å². The number of nitrogens with zero attached hydrogens (tertiary/aromatic N) is 1. The third-order valence-electron chi connectivity index (χ3n) is 3.81. The van der Waals surface area contributed by atoms with Crippen molar-refractivity contribution in [2.75, 3.05) is 32.9 Å². The largest absolute Gasteiger partial charge is 0.489 e. The van der Waals surface area contributed by atoms with E-state index in [2.05, 4.69) is 0 Å². The van der Waals surface area contributed by atoms with E-state index in [1.165, 1.54) is 0 Å². The van der Waals surface area contributed by atoms with Gasteiger partial charge in [-0.15, -0.1) is 0 Å². The average molecular weight is 326 g/mol. The zero-order chi connectivity index (χ0) is 15.5. The van der Waals surface area contributed by atoms with Crippen LogP contribution in [0.4, 0.5) is 0 Å². The summed E-state index contributed by atoms with van der Waals surface area (Å²) in [6.07, 6.45) is 1.22. The van der Waals surface area contributed by atoms with Gasteiger partial charge in [-0.3, -0.25) is 4.79 Å². The molecule has 0 spiro atoms. The third-order valence-corrected chi connectivity index (χ3v) is 4.09. The lowest BCUT2D eigenvalue weighted by molar-refractivity contribution is -0.137. The first kappa shape index (κ1) is 15.4. The van der Waals surface area contributed by atoms with Crippen LogP contribution in [-0.4, -0.2) is 49.8 Å². The minimum absolute atomic E-state index is 0.0840. The minimum Gasteiger partial charge on any atom is -0.489 e. The summed E-state index contributed by atoms with van der Waals surface area (Å²) in [5, 5.41) is 0.498. The van der Waals surface area contributed by atoms with Gasteiger partial charge in [-0.1, -0.05) is 11.6 Å². The molecular formula is C16H20ClNO4. The fourth-order valence-corrected chi connectivity index (χ4v) is 3.01. The lowest BCUT2D eigenvalue weighted by Crippen LogP contribution is -2.45. The first-order valence-corrected chi connectivity index (χ1v) is 7.98. The summed E-state index contributed by atoms with van der Waals surface area (Å²) in [4.78, 5) is 14.3. The van der Waals surface area contributed by atoms with Gasteiger partial charge in [0.2, 0.25) is 5.91 Å². The molecule has 2 heterocycles. The predicted octanol–water partition coefficient (Wildman–Crippen LogP) is 2.29. The van der Waals surface area contributed by atoms with Gasteiger partial charge in [0.1, 0.15) is 0 Å². The van der Waals surface area contributed by atoms with E-state index in [9.17, 15) is 4.79 Å². The Balaban J connectivity index is 1.73. The predicted molar refractivity (Wildman–Crippen MR) is 82.8 cm³/mol. The van der Waals surface area contributed by atoms with Crippen molar-refractivity contribution < 1.29 is 19.0 Å². The number of rotatable bonds is 2. The van der Waals surface area contributed by atoms with Crippen LogP contribution in [0.25, 0.3) is 0 Å². The highest BCUT2D eigenvalue weighted by Crippen LogP contribution is 2.38. The van der Waals surface area contributed by atoms with Crippen molar-refractivity contribution in [1.29, 1.82) is 0 Å². The van der Waals surface area contributed by atoms with Crippen LogP contribution in [0.2, 0.25) is 5.02 Å². The number of hydrogen-bond donors (Lipinski definition) is 0. The molecule has 6 heteroatoms. The summed E-state index contributed by atoms with van der Waals surface area (Å²) in [7, 11) is 0. The Labute approximate surface area is 135 Å². The van der Waals surface area contributed by atoms with Crippen molar-refractivity contribution in [2.45, 2.75) is 25.9 Å². The first-order chi connectivity index (χ1) is 10.6. The molecule has 0 saturated carbocycles. The fraction of sp³-hybridized carbons (Fsp3) is 0.562. The highest BCUT2D eigenvalue weighted by molar-refractivity contribution is 6.32. The second kappa shape index (κ2) is 6.75. The Morgan fingerprint density at radius 2 is 2.14 bits per heavy atom. The topological polar surface area (TPSA) is 48.0 Å². The van der Waals surface area contributed by atoms with Crippen molar-refractivity contribution in [1.82, 2.24) is 4.90 Å². The van der Waals surface area contributed by atoms with Gasteiger partial charge < -0.3 is 19.1 Å². The van der Waals surface area contributed by atoms with E-state index in [0.29, 0.717) is 55.9 Å². The number of amides is 1. The lowest BCUT2D eigenvalue weighted by Gasteiger charge is -2.31. The maximum Gasteiger partial charge on any atom is 0.227 e. The number of benzene rings is 1. The van der Waals surface area contributed by atoms with Crippen molar-refractivity contribution in [2.24, 2.45) is 0 Å². The molecule has 120 valence electrons. The summed E-state index contributed by atoms with van der Waals surface area (Å²) in [6.45, 7) is 5.04. The van der Waals surface area contributed by atoms with Gasteiger partial charge in [-0.25, -0.2) is 0 Å². The summed E-state index contributed by atoms with van der Waals surface area (Å²) >= 11 is 6.26. The quantitative estimate of drug-likeness (QED) is 0.837. The van der Waals surface area contributed by atoms with E-state index in [0.717, 1.165) is 12.0 Å². The summed E-state index contributed by atoms with van der Waals surface area (Å²) < 4.78 is 16.7. The van der Waals surface area contributed by atoms with Crippen molar-refractivity contribution >= 4 is 17.5 Å². The van der Waals surface area contributed by atoms with Gasteiger partial charge in [0, 0.05) is 19.5 Å². The highest BCUT2D eigenvalue weighted by Gasteiger charge is 2.23. The Kier molecular flexibility index (Phi) is 4.74. The van der Waals surface area contributed by atoms with Gasteiger partial charge in [0.15, 0.2) is 11.5 Å². The molecule has 0 radical (unpaired) electrons. The van der Waals surface area contributed by atoms with E-state index >= 15 is 0 Å². The molecule has 1 aromatic rings. The van der Waals surface area contributed by atoms with Crippen molar-refractivity contribution in [3.05, 3.63) is 22.7 Å². The highest BCUT2D eigenvalue weighted by atomic mass is 35.5. The fourth-order valence-electron chi connectivity index (χ4n) is 2.72. The van der Waals surface area contributed by atoms with Crippen LogP contribution >= 0.6 is 11.6 Å². The van der Waals surface area contributed by atoms with Gasteiger partial charge >= 0.3 is 0 Å². The van der Waals surface area contributed by atoms with Crippen LogP contribution < -0.4 is 9.47 Å². The van der Waals surface area contributed by atoms with Crippen LogP contribution in [0.15, 0.2) is 12.1 Å². The van der Waals surface area contributed by atoms with Crippen LogP contribution in [0.3, 0.4) is 0 Å². The van der Waals surface area contributed by atoms with Crippen molar-refractivity contribution in [3.63, 3.8) is 0 Å². The van der Waals surface area contributed by atoms with E-state index in [-0.39, 0.29) is 12.0 Å². The standard InChI is InChI=1S/C16H20ClNO4/c1-11-10-18(3-6-20-11)15(19)9-12-7-13(17)16-14(8-12)21-4-2-5-22-16/h7-8,11H,2-6,9-10H2,1H3/t11-/m0/s1. The number of halogens is 1. The average Bonchev–Trinajstić information content (AvgIpc) is 2.73.